The maximum Gasteiger partial charge on any atom is 0.417 e. The van der Waals surface area contributed by atoms with Crippen LogP contribution in [0, 0.1) is 5.92 Å². The number of carbonyl (C=O) groups is 2. The van der Waals surface area contributed by atoms with Crippen molar-refractivity contribution in [2.45, 2.75) is 37.3 Å². The van der Waals surface area contributed by atoms with E-state index in [1.165, 1.54) is 12.1 Å². The number of carbonyl (C=O) groups excluding carboxylic acids is 2. The molecule has 28 heavy (non-hydrogen) atoms. The molecule has 1 aliphatic carbocycles. The molecular weight excluding hydrogens is 401 g/mol. The maximum atomic E-state index is 12.9. The molecule has 1 aromatic carbocycles. The Kier molecular flexibility index (Phi) is 4.70. The molecule has 2 saturated heterocycles. The van der Waals surface area contributed by atoms with E-state index in [4.69, 9.17) is 21.1 Å². The Morgan fingerprint density at radius 3 is 2.68 bits per heavy atom. The molecule has 3 aliphatic rings. The SMILES string of the molecule is O=C1N[C@]2(CO1)C[C@@H](C(=O)N1CC(OCc3ccc(Cl)c(C(F)(F)F)c3)C1)C2. The number of alkyl halides is 3. The van der Waals surface area contributed by atoms with Gasteiger partial charge in [0.15, 0.2) is 0 Å². The van der Waals surface area contributed by atoms with Crippen molar-refractivity contribution < 1.29 is 32.2 Å². The number of nitrogens with one attached hydrogen (secondary N) is 1. The Morgan fingerprint density at radius 1 is 1.36 bits per heavy atom. The Bertz CT molecular complexity index is 805. The highest BCUT2D eigenvalue weighted by Gasteiger charge is 2.54. The molecule has 0 bridgehead atoms. The molecule has 1 aromatic rings. The van der Waals surface area contributed by atoms with Crippen molar-refractivity contribution in [3.05, 3.63) is 34.3 Å². The van der Waals surface area contributed by atoms with Crippen molar-refractivity contribution in [1.29, 1.82) is 0 Å². The van der Waals surface area contributed by atoms with E-state index in [2.05, 4.69) is 5.32 Å². The number of hydrogen-bond acceptors (Lipinski definition) is 4. The minimum atomic E-state index is -4.52. The van der Waals surface area contributed by atoms with Gasteiger partial charge in [0.05, 0.1) is 28.8 Å². The molecule has 1 saturated carbocycles. The van der Waals surface area contributed by atoms with Gasteiger partial charge in [-0.3, -0.25) is 4.79 Å². The van der Waals surface area contributed by atoms with Crippen molar-refractivity contribution in [3.63, 3.8) is 0 Å². The van der Waals surface area contributed by atoms with Crippen LogP contribution in [-0.4, -0.2) is 48.2 Å². The highest BCUT2D eigenvalue weighted by molar-refractivity contribution is 6.31. The van der Waals surface area contributed by atoms with Crippen molar-refractivity contribution in [1.82, 2.24) is 10.2 Å². The van der Waals surface area contributed by atoms with Gasteiger partial charge >= 0.3 is 12.3 Å². The zero-order chi connectivity index (χ0) is 20.1. The number of amides is 2. The van der Waals surface area contributed by atoms with E-state index in [0.717, 1.165) is 6.07 Å². The Labute approximate surface area is 163 Å². The van der Waals surface area contributed by atoms with E-state index >= 15 is 0 Å². The van der Waals surface area contributed by atoms with Crippen LogP contribution in [0.2, 0.25) is 5.02 Å². The molecule has 10 heteroatoms. The zero-order valence-corrected chi connectivity index (χ0v) is 15.5. The fraction of sp³-hybridized carbons (Fsp3) is 0.556. The molecule has 0 unspecified atom stereocenters. The molecule has 2 aliphatic heterocycles. The first-order chi connectivity index (χ1) is 13.2. The summed E-state index contributed by atoms with van der Waals surface area (Å²) in [5.41, 5.74) is -0.912. The predicted molar refractivity (Wildman–Crippen MR) is 91.5 cm³/mol. The maximum absolute atomic E-state index is 12.9. The van der Waals surface area contributed by atoms with Crippen molar-refractivity contribution >= 4 is 23.6 Å². The van der Waals surface area contributed by atoms with Crippen LogP contribution < -0.4 is 5.32 Å². The molecule has 0 radical (unpaired) electrons. The highest BCUT2D eigenvalue weighted by Crippen LogP contribution is 2.42. The number of halogens is 4. The van der Waals surface area contributed by atoms with Crippen LogP contribution in [0.1, 0.15) is 24.0 Å². The highest BCUT2D eigenvalue weighted by atomic mass is 35.5. The Hall–Kier alpha value is -2.00. The van der Waals surface area contributed by atoms with Gasteiger partial charge in [-0.1, -0.05) is 17.7 Å². The summed E-state index contributed by atoms with van der Waals surface area (Å²) >= 11 is 5.60. The summed E-state index contributed by atoms with van der Waals surface area (Å²) in [4.78, 5) is 25.2. The standard InChI is InChI=1S/C18H18ClF3N2O4/c19-14-2-1-10(3-13(14)18(20,21)22)8-27-12-6-24(7-12)15(25)11-4-17(5-11)9-28-16(26)23-17/h1-3,11-12H,4-9H2,(H,23,26)/t11-,17-. The molecule has 2 heterocycles. The van der Waals surface area contributed by atoms with Gasteiger partial charge in [-0.2, -0.15) is 13.2 Å². The first-order valence-corrected chi connectivity index (χ1v) is 9.24. The van der Waals surface area contributed by atoms with Gasteiger partial charge in [0.2, 0.25) is 5.91 Å². The zero-order valence-electron chi connectivity index (χ0n) is 14.7. The first-order valence-electron chi connectivity index (χ1n) is 8.86. The van der Waals surface area contributed by atoms with Gasteiger partial charge < -0.3 is 19.7 Å². The summed E-state index contributed by atoms with van der Waals surface area (Å²) in [5, 5.41) is 2.40. The molecule has 1 spiro atoms. The van der Waals surface area contributed by atoms with Crippen LogP contribution in [0.5, 0.6) is 0 Å². The minimum absolute atomic E-state index is 0.0116. The summed E-state index contributed by atoms with van der Waals surface area (Å²) in [6, 6.07) is 3.68. The second kappa shape index (κ2) is 6.81. The molecule has 3 fully saturated rings. The summed E-state index contributed by atoms with van der Waals surface area (Å²) < 4.78 is 49.2. The third kappa shape index (κ3) is 3.65. The third-order valence-electron chi connectivity index (χ3n) is 5.45. The second-order valence-corrected chi connectivity index (χ2v) is 7.98. The average Bonchev–Trinajstić information content (AvgIpc) is 2.94. The summed E-state index contributed by atoms with van der Waals surface area (Å²) in [6.45, 7) is 1.13. The summed E-state index contributed by atoms with van der Waals surface area (Å²) in [5.74, 6) is -0.133. The summed E-state index contributed by atoms with van der Waals surface area (Å²) in [7, 11) is 0. The lowest BCUT2D eigenvalue weighted by Crippen LogP contribution is -2.62. The molecule has 4 rings (SSSR count). The molecule has 0 atom stereocenters. The molecule has 6 nitrogen and oxygen atoms in total. The van der Waals surface area contributed by atoms with Gasteiger partial charge in [0.1, 0.15) is 6.61 Å². The van der Waals surface area contributed by atoms with Crippen molar-refractivity contribution in [3.8, 4) is 0 Å². The van der Waals surface area contributed by atoms with Gasteiger partial charge in [-0.05, 0) is 30.5 Å². The van der Waals surface area contributed by atoms with Crippen molar-refractivity contribution in [2.24, 2.45) is 5.92 Å². The van der Waals surface area contributed by atoms with Crippen LogP contribution in [0.25, 0.3) is 0 Å². The normalized spacial score (nSPS) is 27.2. The molecule has 0 aromatic heterocycles. The Morgan fingerprint density at radius 2 is 2.07 bits per heavy atom. The lowest BCUT2D eigenvalue weighted by atomic mass is 9.68. The topological polar surface area (TPSA) is 67.9 Å². The van der Waals surface area contributed by atoms with Gasteiger partial charge in [-0.25, -0.2) is 4.79 Å². The minimum Gasteiger partial charge on any atom is -0.447 e. The second-order valence-electron chi connectivity index (χ2n) is 7.57. The third-order valence-corrected chi connectivity index (χ3v) is 5.78. The van der Waals surface area contributed by atoms with Crippen LogP contribution in [0.4, 0.5) is 18.0 Å². The van der Waals surface area contributed by atoms with E-state index < -0.39 is 23.4 Å². The number of alkyl carbamates (subject to hydrolysis) is 1. The van der Waals surface area contributed by atoms with E-state index in [9.17, 15) is 22.8 Å². The molecule has 1 N–H and O–H groups in total. The first kappa shape index (κ1) is 19.3. The van der Waals surface area contributed by atoms with Crippen LogP contribution in [0.3, 0.4) is 0 Å². The fourth-order valence-corrected chi connectivity index (χ4v) is 4.07. The quantitative estimate of drug-likeness (QED) is 0.816. The van der Waals surface area contributed by atoms with Crippen LogP contribution in [0.15, 0.2) is 18.2 Å². The van der Waals surface area contributed by atoms with E-state index in [1.807, 2.05) is 0 Å². The predicted octanol–water partition coefficient (Wildman–Crippen LogP) is 2.97. The lowest BCUT2D eigenvalue weighted by Gasteiger charge is -2.47. The molecule has 2 amide bonds. The van der Waals surface area contributed by atoms with E-state index in [-0.39, 0.29) is 29.6 Å². The largest absolute Gasteiger partial charge is 0.447 e. The number of benzene rings is 1. The summed E-state index contributed by atoms with van der Waals surface area (Å²) in [6.07, 6.45) is -4.05. The average molecular weight is 419 g/mol. The fourth-order valence-electron chi connectivity index (χ4n) is 3.85. The number of hydrogen-bond donors (Lipinski definition) is 1. The number of nitrogens with zero attached hydrogens (tertiary/aromatic N) is 1. The Balaban J connectivity index is 1.22. The number of likely N-dealkylation sites (tertiary alicyclic amines) is 1. The molecule has 152 valence electrons. The van der Waals surface area contributed by atoms with Crippen LogP contribution in [-0.2, 0) is 27.1 Å². The van der Waals surface area contributed by atoms with Gasteiger partial charge in [-0.15, -0.1) is 0 Å². The van der Waals surface area contributed by atoms with E-state index in [1.54, 1.807) is 4.90 Å². The van der Waals surface area contributed by atoms with Crippen LogP contribution >= 0.6 is 11.6 Å². The monoisotopic (exact) mass is 418 g/mol. The van der Waals surface area contributed by atoms with Crippen molar-refractivity contribution in [2.75, 3.05) is 19.7 Å². The number of cyclic esters (lactones) is 1. The molecular formula is C18H18ClF3N2O4. The van der Waals surface area contributed by atoms with E-state index in [0.29, 0.717) is 38.1 Å². The number of rotatable bonds is 4. The van der Waals surface area contributed by atoms with Gasteiger partial charge in [0.25, 0.3) is 0 Å². The van der Waals surface area contributed by atoms with Gasteiger partial charge in [0, 0.05) is 19.0 Å². The lowest BCUT2D eigenvalue weighted by molar-refractivity contribution is -0.155. The number of ether oxygens (including phenoxy) is 2. The smallest absolute Gasteiger partial charge is 0.417 e.